The Kier molecular flexibility index (Phi) is 5.22. The topological polar surface area (TPSA) is 26.0 Å². The third-order valence-corrected chi connectivity index (χ3v) is 2.57. The summed E-state index contributed by atoms with van der Waals surface area (Å²) in [5, 5.41) is 0. The van der Waals surface area contributed by atoms with E-state index in [1.165, 1.54) is 5.57 Å². The highest BCUT2D eigenvalue weighted by Gasteiger charge is 2.12. The molecule has 11 heavy (non-hydrogen) atoms. The van der Waals surface area contributed by atoms with Crippen LogP contribution in [-0.4, -0.2) is 6.54 Å². The third-order valence-electron chi connectivity index (χ3n) is 2.57. The number of nitrogens with two attached hydrogens (primary N) is 1. The third kappa shape index (κ3) is 3.57. The number of hydrogen-bond donors (Lipinski definition) is 1. The lowest BCUT2D eigenvalue weighted by Gasteiger charge is -2.20. The van der Waals surface area contributed by atoms with Gasteiger partial charge in [0, 0.05) is 0 Å². The van der Waals surface area contributed by atoms with E-state index in [0.29, 0.717) is 11.8 Å². The molecule has 0 saturated carbocycles. The van der Waals surface area contributed by atoms with E-state index in [-0.39, 0.29) is 0 Å². The number of hydrogen-bond acceptors (Lipinski definition) is 1. The van der Waals surface area contributed by atoms with Gasteiger partial charge in [0.2, 0.25) is 0 Å². The summed E-state index contributed by atoms with van der Waals surface area (Å²) in [5.74, 6) is 1.32. The van der Waals surface area contributed by atoms with E-state index in [4.69, 9.17) is 5.73 Å². The Morgan fingerprint density at radius 3 is 2.36 bits per heavy atom. The molecule has 2 N–H and O–H groups in total. The first-order valence-corrected chi connectivity index (χ1v) is 4.51. The molecule has 0 aliphatic rings. The number of allylic oxidation sites excluding steroid dienone is 1. The van der Waals surface area contributed by atoms with Crippen LogP contribution >= 0.6 is 0 Å². The van der Waals surface area contributed by atoms with Gasteiger partial charge in [-0.05, 0) is 31.2 Å². The van der Waals surface area contributed by atoms with Gasteiger partial charge in [-0.1, -0.05) is 32.9 Å². The van der Waals surface area contributed by atoms with Crippen LogP contribution in [0.15, 0.2) is 12.2 Å². The quantitative estimate of drug-likeness (QED) is 0.607. The minimum atomic E-state index is 0.628. The zero-order valence-corrected chi connectivity index (χ0v) is 8.06. The van der Waals surface area contributed by atoms with Crippen LogP contribution in [0.2, 0.25) is 0 Å². The van der Waals surface area contributed by atoms with Crippen LogP contribution in [0.25, 0.3) is 0 Å². The second-order valence-electron chi connectivity index (χ2n) is 3.36. The molecule has 2 atom stereocenters. The Morgan fingerprint density at radius 1 is 1.45 bits per heavy atom. The summed E-state index contributed by atoms with van der Waals surface area (Å²) in [6.45, 7) is 11.5. The number of rotatable bonds is 5. The average molecular weight is 155 g/mol. The second-order valence-corrected chi connectivity index (χ2v) is 3.36. The molecule has 1 heteroatoms. The van der Waals surface area contributed by atoms with Crippen molar-refractivity contribution in [2.75, 3.05) is 6.54 Å². The molecule has 0 fully saturated rings. The summed E-state index contributed by atoms with van der Waals surface area (Å²) in [5.41, 5.74) is 6.83. The molecule has 0 radical (unpaired) electrons. The zero-order valence-electron chi connectivity index (χ0n) is 8.06. The first-order valence-electron chi connectivity index (χ1n) is 4.51. The van der Waals surface area contributed by atoms with Crippen molar-refractivity contribution in [3.05, 3.63) is 12.2 Å². The standard InChI is InChI=1S/C10H21N/c1-5-8(2)10(4)9(3)6-7-11/h9-10H,2,5-7,11H2,1,3-4H3. The fourth-order valence-electron chi connectivity index (χ4n) is 1.24. The maximum atomic E-state index is 5.48. The fourth-order valence-corrected chi connectivity index (χ4v) is 1.24. The van der Waals surface area contributed by atoms with Gasteiger partial charge in [0.25, 0.3) is 0 Å². The van der Waals surface area contributed by atoms with E-state index in [0.717, 1.165) is 19.4 Å². The van der Waals surface area contributed by atoms with Gasteiger partial charge in [-0.3, -0.25) is 0 Å². The van der Waals surface area contributed by atoms with Gasteiger partial charge in [0.15, 0.2) is 0 Å². The van der Waals surface area contributed by atoms with E-state index in [2.05, 4.69) is 27.4 Å². The molecule has 1 nitrogen and oxygen atoms in total. The van der Waals surface area contributed by atoms with E-state index in [1.54, 1.807) is 0 Å². The van der Waals surface area contributed by atoms with Crippen LogP contribution in [0.1, 0.15) is 33.6 Å². The summed E-state index contributed by atoms with van der Waals surface area (Å²) in [7, 11) is 0. The summed E-state index contributed by atoms with van der Waals surface area (Å²) in [6, 6.07) is 0. The van der Waals surface area contributed by atoms with Crippen LogP contribution in [0, 0.1) is 11.8 Å². The minimum Gasteiger partial charge on any atom is -0.330 e. The predicted molar refractivity (Wildman–Crippen MR) is 51.4 cm³/mol. The minimum absolute atomic E-state index is 0.628. The molecule has 0 amide bonds. The first kappa shape index (κ1) is 10.7. The molecule has 0 aromatic heterocycles. The van der Waals surface area contributed by atoms with E-state index in [9.17, 15) is 0 Å². The molecule has 2 unspecified atom stereocenters. The lowest BCUT2D eigenvalue weighted by molar-refractivity contribution is 0.411. The molecule has 0 aromatic carbocycles. The van der Waals surface area contributed by atoms with Crippen LogP contribution in [0.3, 0.4) is 0 Å². The molecular weight excluding hydrogens is 134 g/mol. The smallest absolute Gasteiger partial charge is 0.00745 e. The van der Waals surface area contributed by atoms with Crippen molar-refractivity contribution in [1.82, 2.24) is 0 Å². The van der Waals surface area contributed by atoms with Crippen molar-refractivity contribution in [1.29, 1.82) is 0 Å². The Balaban J connectivity index is 3.80. The Labute approximate surface area is 70.7 Å². The normalized spacial score (nSPS) is 16.0. The highest BCUT2D eigenvalue weighted by Crippen LogP contribution is 2.22. The summed E-state index contributed by atoms with van der Waals surface area (Å²) >= 11 is 0. The van der Waals surface area contributed by atoms with Gasteiger partial charge in [-0.2, -0.15) is 0 Å². The zero-order chi connectivity index (χ0) is 8.85. The molecular formula is C10H21N. The fraction of sp³-hybridized carbons (Fsp3) is 0.800. The van der Waals surface area contributed by atoms with Crippen molar-refractivity contribution in [2.24, 2.45) is 17.6 Å². The molecule has 0 rings (SSSR count). The van der Waals surface area contributed by atoms with Crippen LogP contribution in [-0.2, 0) is 0 Å². The van der Waals surface area contributed by atoms with Gasteiger partial charge in [0.05, 0.1) is 0 Å². The van der Waals surface area contributed by atoms with Gasteiger partial charge in [-0.15, -0.1) is 0 Å². The molecule has 0 heterocycles. The Bertz CT molecular complexity index is 118. The maximum Gasteiger partial charge on any atom is -0.00745 e. The van der Waals surface area contributed by atoms with Gasteiger partial charge in [0.1, 0.15) is 0 Å². The van der Waals surface area contributed by atoms with Crippen LogP contribution in [0.5, 0.6) is 0 Å². The Morgan fingerprint density at radius 2 is 2.00 bits per heavy atom. The van der Waals surface area contributed by atoms with Crippen molar-refractivity contribution >= 4 is 0 Å². The van der Waals surface area contributed by atoms with E-state index in [1.807, 2.05) is 0 Å². The van der Waals surface area contributed by atoms with Crippen molar-refractivity contribution in [3.63, 3.8) is 0 Å². The summed E-state index contributed by atoms with van der Waals surface area (Å²) in [6.07, 6.45) is 2.20. The summed E-state index contributed by atoms with van der Waals surface area (Å²) < 4.78 is 0. The maximum absolute atomic E-state index is 5.48. The molecule has 0 saturated heterocycles. The summed E-state index contributed by atoms with van der Waals surface area (Å²) in [4.78, 5) is 0. The molecule has 0 spiro atoms. The van der Waals surface area contributed by atoms with Crippen LogP contribution in [0.4, 0.5) is 0 Å². The van der Waals surface area contributed by atoms with Gasteiger partial charge in [-0.25, -0.2) is 0 Å². The molecule has 66 valence electrons. The van der Waals surface area contributed by atoms with Gasteiger partial charge < -0.3 is 5.73 Å². The van der Waals surface area contributed by atoms with E-state index >= 15 is 0 Å². The molecule has 0 aromatic rings. The average Bonchev–Trinajstić information content (AvgIpc) is 2.02. The second kappa shape index (κ2) is 5.36. The van der Waals surface area contributed by atoms with Crippen molar-refractivity contribution in [2.45, 2.75) is 33.6 Å². The van der Waals surface area contributed by atoms with Crippen LogP contribution < -0.4 is 5.73 Å². The molecule has 0 aliphatic carbocycles. The lowest BCUT2D eigenvalue weighted by atomic mass is 9.86. The lowest BCUT2D eigenvalue weighted by Crippen LogP contribution is -2.14. The molecule has 0 bridgehead atoms. The largest absolute Gasteiger partial charge is 0.330 e. The van der Waals surface area contributed by atoms with E-state index < -0.39 is 0 Å². The SMILES string of the molecule is C=C(CC)C(C)C(C)CCN. The molecule has 0 aliphatic heterocycles. The highest BCUT2D eigenvalue weighted by atomic mass is 14.5. The van der Waals surface area contributed by atoms with Crippen molar-refractivity contribution < 1.29 is 0 Å². The predicted octanol–water partition coefficient (Wildman–Crippen LogP) is 2.57. The van der Waals surface area contributed by atoms with Gasteiger partial charge >= 0.3 is 0 Å². The Hall–Kier alpha value is -0.300. The monoisotopic (exact) mass is 155 g/mol. The van der Waals surface area contributed by atoms with Crippen molar-refractivity contribution in [3.8, 4) is 0 Å². The first-order chi connectivity index (χ1) is 5.13. The highest BCUT2D eigenvalue weighted by molar-refractivity contribution is 4.99.